The number of aryl methyl sites for hydroxylation is 1. The summed E-state index contributed by atoms with van der Waals surface area (Å²) in [4.78, 5) is 17.6. The number of anilines is 2. The van der Waals surface area contributed by atoms with Crippen LogP contribution in [0.15, 0.2) is 71.6 Å². The molecule has 6 nitrogen and oxygen atoms in total. The fraction of sp³-hybridized carbons (Fsp3) is 0.296. The van der Waals surface area contributed by atoms with E-state index in [1.807, 2.05) is 29.2 Å². The zero-order valence-corrected chi connectivity index (χ0v) is 20.4. The summed E-state index contributed by atoms with van der Waals surface area (Å²) in [5.41, 5.74) is 5.90. The normalized spacial score (nSPS) is 16.0. The third-order valence-electron chi connectivity index (χ3n) is 7.00. The molecule has 0 unspecified atom stereocenters. The molecule has 0 aliphatic carbocycles. The Hall–Kier alpha value is -3.32. The number of rotatable bonds is 4. The van der Waals surface area contributed by atoms with Crippen LogP contribution >= 0.6 is 0 Å². The molecule has 0 atom stereocenters. The second kappa shape index (κ2) is 8.80. The second-order valence-electron chi connectivity index (χ2n) is 8.98. The number of piperazine rings is 1. The maximum atomic E-state index is 13.4. The zero-order chi connectivity index (χ0) is 23.9. The van der Waals surface area contributed by atoms with Crippen LogP contribution in [-0.2, 0) is 16.4 Å². The molecule has 2 aliphatic rings. The van der Waals surface area contributed by atoms with Gasteiger partial charge in [0.25, 0.3) is 15.9 Å². The summed E-state index contributed by atoms with van der Waals surface area (Å²) in [6.07, 6.45) is 0.693. The van der Waals surface area contributed by atoms with Crippen LogP contribution < -0.4 is 9.21 Å². The molecular formula is C27H29N3O3S. The Morgan fingerprint density at radius 2 is 1.50 bits per heavy atom. The van der Waals surface area contributed by atoms with Gasteiger partial charge in [0.2, 0.25) is 0 Å². The fourth-order valence-electron chi connectivity index (χ4n) is 4.89. The number of benzene rings is 3. The van der Waals surface area contributed by atoms with E-state index in [4.69, 9.17) is 0 Å². The van der Waals surface area contributed by atoms with Crippen molar-refractivity contribution in [2.24, 2.45) is 0 Å². The minimum absolute atomic E-state index is 0.125. The van der Waals surface area contributed by atoms with E-state index >= 15 is 0 Å². The minimum atomic E-state index is -3.74. The highest BCUT2D eigenvalue weighted by atomic mass is 32.2. The molecule has 7 heteroatoms. The summed E-state index contributed by atoms with van der Waals surface area (Å²) >= 11 is 0. The molecule has 0 N–H and O–H groups in total. The quantitative estimate of drug-likeness (QED) is 0.572. The van der Waals surface area contributed by atoms with E-state index in [9.17, 15) is 13.2 Å². The lowest BCUT2D eigenvalue weighted by atomic mass is 10.1. The van der Waals surface area contributed by atoms with Crippen LogP contribution in [-0.4, -0.2) is 51.9 Å². The third-order valence-corrected chi connectivity index (χ3v) is 8.81. The van der Waals surface area contributed by atoms with Crippen molar-refractivity contribution in [1.29, 1.82) is 0 Å². The number of para-hydroxylation sites is 1. The molecule has 1 saturated heterocycles. The van der Waals surface area contributed by atoms with E-state index in [1.165, 1.54) is 27.2 Å². The summed E-state index contributed by atoms with van der Waals surface area (Å²) in [6.45, 7) is 7.36. The molecule has 2 aliphatic heterocycles. The second-order valence-corrected chi connectivity index (χ2v) is 10.8. The van der Waals surface area contributed by atoms with Crippen molar-refractivity contribution in [3.05, 3.63) is 89.0 Å². The molecule has 0 bridgehead atoms. The number of amides is 1. The number of hydrogen-bond acceptors (Lipinski definition) is 4. The lowest BCUT2D eigenvalue weighted by Gasteiger charge is -2.37. The lowest BCUT2D eigenvalue weighted by Crippen LogP contribution is -2.49. The summed E-state index contributed by atoms with van der Waals surface area (Å²) in [6, 6.07) is 20.3. The number of carbonyl (C=O) groups is 1. The van der Waals surface area contributed by atoms with Crippen LogP contribution in [0.2, 0.25) is 0 Å². The lowest BCUT2D eigenvalue weighted by molar-refractivity contribution is 0.0746. The largest absolute Gasteiger partial charge is 0.368 e. The number of sulfonamides is 1. The van der Waals surface area contributed by atoms with Crippen molar-refractivity contribution in [3.63, 3.8) is 0 Å². The molecule has 5 rings (SSSR count). The Morgan fingerprint density at radius 1 is 0.794 bits per heavy atom. The van der Waals surface area contributed by atoms with E-state index < -0.39 is 10.0 Å². The van der Waals surface area contributed by atoms with E-state index in [2.05, 4.69) is 36.9 Å². The Balaban J connectivity index is 1.32. The number of fused-ring (bicyclic) bond motifs is 1. The van der Waals surface area contributed by atoms with Crippen molar-refractivity contribution in [3.8, 4) is 0 Å². The Kier molecular flexibility index (Phi) is 5.81. The van der Waals surface area contributed by atoms with Crippen molar-refractivity contribution < 1.29 is 13.2 Å². The average Bonchev–Trinajstić information content (AvgIpc) is 3.31. The summed E-state index contributed by atoms with van der Waals surface area (Å²) < 4.78 is 28.3. The molecule has 2 heterocycles. The highest BCUT2D eigenvalue weighted by Crippen LogP contribution is 2.33. The first-order valence-corrected chi connectivity index (χ1v) is 13.1. The molecule has 176 valence electrons. The Labute approximate surface area is 201 Å². The molecule has 0 spiro atoms. The fourth-order valence-corrected chi connectivity index (χ4v) is 6.44. The van der Waals surface area contributed by atoms with E-state index in [-0.39, 0.29) is 10.8 Å². The standard InChI is InChI=1S/C27H29N3O3S/c1-20-7-5-12-25(21(20)2)28-15-17-29(18-16-28)27(31)23-9-6-10-24(19-23)34(32,33)30-14-13-22-8-3-4-11-26(22)30/h3-12,19H,13-18H2,1-2H3. The molecular weight excluding hydrogens is 446 g/mol. The monoisotopic (exact) mass is 475 g/mol. The van der Waals surface area contributed by atoms with Crippen LogP contribution in [0.4, 0.5) is 11.4 Å². The zero-order valence-electron chi connectivity index (χ0n) is 19.6. The van der Waals surface area contributed by atoms with Gasteiger partial charge in [-0.1, -0.05) is 36.4 Å². The molecule has 0 aromatic heterocycles. The van der Waals surface area contributed by atoms with Gasteiger partial charge in [-0.15, -0.1) is 0 Å². The van der Waals surface area contributed by atoms with Crippen LogP contribution in [0.1, 0.15) is 27.0 Å². The van der Waals surface area contributed by atoms with Crippen LogP contribution in [0.3, 0.4) is 0 Å². The van der Waals surface area contributed by atoms with Gasteiger partial charge in [-0.25, -0.2) is 8.42 Å². The first-order valence-electron chi connectivity index (χ1n) is 11.7. The van der Waals surface area contributed by atoms with Gasteiger partial charge in [0.05, 0.1) is 10.6 Å². The van der Waals surface area contributed by atoms with Gasteiger partial charge in [-0.3, -0.25) is 9.10 Å². The van der Waals surface area contributed by atoms with Crippen molar-refractivity contribution in [2.45, 2.75) is 25.2 Å². The van der Waals surface area contributed by atoms with Gasteiger partial charge >= 0.3 is 0 Å². The van der Waals surface area contributed by atoms with Gasteiger partial charge in [-0.05, 0) is 67.3 Å². The Bertz CT molecular complexity index is 1340. The van der Waals surface area contributed by atoms with Gasteiger partial charge in [0, 0.05) is 44.0 Å². The van der Waals surface area contributed by atoms with Gasteiger partial charge < -0.3 is 9.80 Å². The maximum Gasteiger partial charge on any atom is 0.264 e. The predicted octanol–water partition coefficient (Wildman–Crippen LogP) is 4.02. The topological polar surface area (TPSA) is 60.9 Å². The first-order chi connectivity index (χ1) is 16.4. The third kappa shape index (κ3) is 3.94. The molecule has 3 aromatic carbocycles. The minimum Gasteiger partial charge on any atom is -0.368 e. The summed E-state index contributed by atoms with van der Waals surface area (Å²) in [5, 5.41) is 0. The number of nitrogens with zero attached hydrogens (tertiary/aromatic N) is 3. The number of carbonyl (C=O) groups excluding carboxylic acids is 1. The van der Waals surface area contributed by atoms with Gasteiger partial charge in [-0.2, -0.15) is 0 Å². The summed E-state index contributed by atoms with van der Waals surface area (Å²) in [7, 11) is -3.74. The van der Waals surface area contributed by atoms with Crippen molar-refractivity contribution in [1.82, 2.24) is 4.90 Å². The van der Waals surface area contributed by atoms with E-state index in [0.29, 0.717) is 31.6 Å². The van der Waals surface area contributed by atoms with Crippen molar-refractivity contribution >= 4 is 27.3 Å². The van der Waals surface area contributed by atoms with E-state index in [1.54, 1.807) is 18.2 Å². The Morgan fingerprint density at radius 3 is 2.29 bits per heavy atom. The highest BCUT2D eigenvalue weighted by molar-refractivity contribution is 7.92. The first kappa shape index (κ1) is 22.5. The summed E-state index contributed by atoms with van der Waals surface area (Å²) in [5.74, 6) is -0.125. The molecule has 0 saturated carbocycles. The molecule has 3 aromatic rings. The van der Waals surface area contributed by atoms with Crippen LogP contribution in [0.5, 0.6) is 0 Å². The molecule has 1 fully saturated rings. The molecule has 34 heavy (non-hydrogen) atoms. The SMILES string of the molecule is Cc1cccc(N2CCN(C(=O)c3cccc(S(=O)(=O)N4CCc5ccccc54)c3)CC2)c1C. The van der Waals surface area contributed by atoms with Gasteiger partial charge in [0.1, 0.15) is 0 Å². The smallest absolute Gasteiger partial charge is 0.264 e. The van der Waals surface area contributed by atoms with E-state index in [0.717, 1.165) is 24.3 Å². The highest BCUT2D eigenvalue weighted by Gasteiger charge is 2.31. The average molecular weight is 476 g/mol. The predicted molar refractivity (Wildman–Crippen MR) is 135 cm³/mol. The van der Waals surface area contributed by atoms with Crippen LogP contribution in [0.25, 0.3) is 0 Å². The van der Waals surface area contributed by atoms with Gasteiger partial charge in [0.15, 0.2) is 0 Å². The van der Waals surface area contributed by atoms with Crippen LogP contribution in [0, 0.1) is 13.8 Å². The number of hydrogen-bond donors (Lipinski definition) is 0. The molecule has 1 amide bonds. The maximum absolute atomic E-state index is 13.4. The van der Waals surface area contributed by atoms with Crippen molar-refractivity contribution in [2.75, 3.05) is 41.9 Å². The molecule has 0 radical (unpaired) electrons.